The Bertz CT molecular complexity index is 484. The fourth-order valence-corrected chi connectivity index (χ4v) is 2.66. The molecule has 2 rings (SSSR count). The summed E-state index contributed by atoms with van der Waals surface area (Å²) in [6, 6.07) is 5.11. The summed E-state index contributed by atoms with van der Waals surface area (Å²) in [5.41, 5.74) is -0.319. The van der Waals surface area contributed by atoms with Crippen molar-refractivity contribution in [3.63, 3.8) is 0 Å². The number of benzene rings is 1. The van der Waals surface area contributed by atoms with E-state index >= 15 is 0 Å². The Labute approximate surface area is 116 Å². The highest BCUT2D eigenvalue weighted by Gasteiger charge is 2.30. The van der Waals surface area contributed by atoms with E-state index in [0.29, 0.717) is 11.5 Å². The highest BCUT2D eigenvalue weighted by molar-refractivity contribution is 5.78. The summed E-state index contributed by atoms with van der Waals surface area (Å²) < 4.78 is 37.7. The van der Waals surface area contributed by atoms with Crippen LogP contribution in [0.2, 0.25) is 0 Å². The summed E-state index contributed by atoms with van der Waals surface area (Å²) in [6.07, 6.45) is -1.37. The number of alkyl halides is 3. The van der Waals surface area contributed by atoms with Crippen LogP contribution in [0.25, 0.3) is 0 Å². The highest BCUT2D eigenvalue weighted by atomic mass is 19.4. The SMILES string of the molecule is CC1CCC(NC(=O)Cc2cccc(C(F)(F)F)c2)C1. The van der Waals surface area contributed by atoms with E-state index in [1.165, 1.54) is 6.07 Å². The van der Waals surface area contributed by atoms with E-state index in [4.69, 9.17) is 0 Å². The third kappa shape index (κ3) is 3.99. The van der Waals surface area contributed by atoms with Crippen molar-refractivity contribution in [3.8, 4) is 0 Å². The molecule has 0 radical (unpaired) electrons. The summed E-state index contributed by atoms with van der Waals surface area (Å²) in [4.78, 5) is 11.8. The molecule has 1 aliphatic carbocycles. The van der Waals surface area contributed by atoms with E-state index in [2.05, 4.69) is 12.2 Å². The van der Waals surface area contributed by atoms with Gasteiger partial charge in [0.05, 0.1) is 12.0 Å². The van der Waals surface area contributed by atoms with Gasteiger partial charge in [-0.15, -0.1) is 0 Å². The van der Waals surface area contributed by atoms with Gasteiger partial charge in [-0.1, -0.05) is 25.1 Å². The number of carbonyl (C=O) groups is 1. The minimum absolute atomic E-state index is 0.00516. The first-order valence-electron chi connectivity index (χ1n) is 6.80. The van der Waals surface area contributed by atoms with E-state index in [-0.39, 0.29) is 18.4 Å². The molecule has 1 aliphatic rings. The second kappa shape index (κ2) is 5.85. The normalized spacial score (nSPS) is 22.8. The molecule has 5 heteroatoms. The maximum absolute atomic E-state index is 12.6. The van der Waals surface area contributed by atoms with Crippen molar-refractivity contribution in [3.05, 3.63) is 35.4 Å². The van der Waals surface area contributed by atoms with Crippen LogP contribution in [-0.4, -0.2) is 11.9 Å². The van der Waals surface area contributed by atoms with Gasteiger partial charge < -0.3 is 5.32 Å². The van der Waals surface area contributed by atoms with Gasteiger partial charge in [0.15, 0.2) is 0 Å². The van der Waals surface area contributed by atoms with Crippen molar-refractivity contribution in [2.24, 2.45) is 5.92 Å². The molecule has 0 bridgehead atoms. The Hall–Kier alpha value is -1.52. The van der Waals surface area contributed by atoms with Crippen molar-refractivity contribution >= 4 is 5.91 Å². The van der Waals surface area contributed by atoms with E-state index in [1.54, 1.807) is 6.07 Å². The molecule has 1 N–H and O–H groups in total. The van der Waals surface area contributed by atoms with Crippen LogP contribution < -0.4 is 5.32 Å². The van der Waals surface area contributed by atoms with Crippen LogP contribution in [-0.2, 0) is 17.4 Å². The van der Waals surface area contributed by atoms with Gasteiger partial charge in [-0.3, -0.25) is 4.79 Å². The van der Waals surface area contributed by atoms with Crippen molar-refractivity contribution in [1.29, 1.82) is 0 Å². The minimum Gasteiger partial charge on any atom is -0.353 e. The molecule has 0 aromatic heterocycles. The molecule has 1 aromatic carbocycles. The molecule has 0 saturated heterocycles. The van der Waals surface area contributed by atoms with Crippen LogP contribution in [0.1, 0.15) is 37.3 Å². The molecule has 110 valence electrons. The zero-order valence-electron chi connectivity index (χ0n) is 11.3. The van der Waals surface area contributed by atoms with Crippen LogP contribution in [0.3, 0.4) is 0 Å². The number of hydrogen-bond donors (Lipinski definition) is 1. The lowest BCUT2D eigenvalue weighted by Crippen LogP contribution is -2.34. The summed E-state index contributed by atoms with van der Waals surface area (Å²) >= 11 is 0. The number of nitrogens with one attached hydrogen (secondary N) is 1. The monoisotopic (exact) mass is 285 g/mol. The third-order valence-electron chi connectivity index (χ3n) is 3.68. The van der Waals surface area contributed by atoms with Crippen molar-refractivity contribution in [2.45, 2.75) is 44.8 Å². The predicted octanol–water partition coefficient (Wildman–Crippen LogP) is 3.55. The molecule has 0 spiro atoms. The Morgan fingerprint density at radius 3 is 2.70 bits per heavy atom. The average Bonchev–Trinajstić information content (AvgIpc) is 2.73. The number of hydrogen-bond acceptors (Lipinski definition) is 1. The molecule has 0 aliphatic heterocycles. The molecule has 1 amide bonds. The summed E-state index contributed by atoms with van der Waals surface area (Å²) in [6.45, 7) is 2.14. The van der Waals surface area contributed by atoms with Gasteiger partial charge in [-0.05, 0) is 36.8 Å². The van der Waals surface area contributed by atoms with E-state index in [1.807, 2.05) is 0 Å². The summed E-state index contributed by atoms with van der Waals surface area (Å²) in [5, 5.41) is 2.90. The lowest BCUT2D eigenvalue weighted by atomic mass is 10.1. The second-order valence-electron chi connectivity index (χ2n) is 5.56. The smallest absolute Gasteiger partial charge is 0.353 e. The van der Waals surface area contributed by atoms with Gasteiger partial charge in [0.1, 0.15) is 0 Å². The van der Waals surface area contributed by atoms with E-state index in [0.717, 1.165) is 31.4 Å². The molecule has 0 heterocycles. The number of rotatable bonds is 3. The second-order valence-corrected chi connectivity index (χ2v) is 5.56. The van der Waals surface area contributed by atoms with E-state index in [9.17, 15) is 18.0 Å². The maximum atomic E-state index is 12.6. The molecule has 1 saturated carbocycles. The third-order valence-corrected chi connectivity index (χ3v) is 3.68. The van der Waals surface area contributed by atoms with Gasteiger partial charge in [0.25, 0.3) is 0 Å². The van der Waals surface area contributed by atoms with E-state index < -0.39 is 11.7 Å². The predicted molar refractivity (Wildman–Crippen MR) is 70.1 cm³/mol. The number of halogens is 3. The molecule has 2 nitrogen and oxygen atoms in total. The maximum Gasteiger partial charge on any atom is 0.416 e. The van der Waals surface area contributed by atoms with Crippen LogP contribution in [0.5, 0.6) is 0 Å². The first-order chi connectivity index (χ1) is 9.34. The molecule has 2 atom stereocenters. The van der Waals surface area contributed by atoms with Crippen molar-refractivity contribution in [2.75, 3.05) is 0 Å². The van der Waals surface area contributed by atoms with Crippen LogP contribution in [0.15, 0.2) is 24.3 Å². The Kier molecular flexibility index (Phi) is 4.35. The topological polar surface area (TPSA) is 29.1 Å². The Morgan fingerprint density at radius 1 is 1.35 bits per heavy atom. The van der Waals surface area contributed by atoms with Gasteiger partial charge in [0.2, 0.25) is 5.91 Å². The van der Waals surface area contributed by atoms with Crippen LogP contribution in [0, 0.1) is 5.92 Å². The Morgan fingerprint density at radius 2 is 2.10 bits per heavy atom. The van der Waals surface area contributed by atoms with Gasteiger partial charge in [-0.25, -0.2) is 0 Å². The fraction of sp³-hybridized carbons (Fsp3) is 0.533. The quantitative estimate of drug-likeness (QED) is 0.904. The first-order valence-corrected chi connectivity index (χ1v) is 6.80. The molecular weight excluding hydrogens is 267 g/mol. The van der Waals surface area contributed by atoms with Gasteiger partial charge in [0, 0.05) is 6.04 Å². The Balaban J connectivity index is 1.94. The largest absolute Gasteiger partial charge is 0.416 e. The minimum atomic E-state index is -4.37. The summed E-state index contributed by atoms with van der Waals surface area (Å²) in [7, 11) is 0. The molecule has 1 aromatic rings. The van der Waals surface area contributed by atoms with Gasteiger partial charge >= 0.3 is 6.18 Å². The standard InChI is InChI=1S/C15H18F3NO/c1-10-5-6-13(7-10)19-14(20)9-11-3-2-4-12(8-11)15(16,17)18/h2-4,8,10,13H,5-7,9H2,1H3,(H,19,20). The number of carbonyl (C=O) groups excluding carboxylic acids is 1. The molecule has 20 heavy (non-hydrogen) atoms. The molecular formula is C15H18F3NO. The zero-order chi connectivity index (χ0) is 14.8. The van der Waals surface area contributed by atoms with Crippen molar-refractivity contribution < 1.29 is 18.0 Å². The highest BCUT2D eigenvalue weighted by Crippen LogP contribution is 2.29. The molecule has 1 fully saturated rings. The van der Waals surface area contributed by atoms with Gasteiger partial charge in [-0.2, -0.15) is 13.2 Å². The van der Waals surface area contributed by atoms with Crippen LogP contribution >= 0.6 is 0 Å². The zero-order valence-corrected chi connectivity index (χ0v) is 11.3. The lowest BCUT2D eigenvalue weighted by molar-refractivity contribution is -0.137. The fourth-order valence-electron chi connectivity index (χ4n) is 2.66. The number of amides is 1. The summed E-state index contributed by atoms with van der Waals surface area (Å²) in [5.74, 6) is 0.400. The molecule has 2 unspecified atom stereocenters. The average molecular weight is 285 g/mol. The lowest BCUT2D eigenvalue weighted by Gasteiger charge is -2.13. The van der Waals surface area contributed by atoms with Crippen LogP contribution in [0.4, 0.5) is 13.2 Å². The van der Waals surface area contributed by atoms with Crippen molar-refractivity contribution in [1.82, 2.24) is 5.32 Å². The first kappa shape index (κ1) is 14.9.